The molecule has 4 heteroatoms. The second kappa shape index (κ2) is 5.44. The molecule has 2 aromatic carbocycles. The van der Waals surface area contributed by atoms with Gasteiger partial charge < -0.3 is 4.74 Å². The summed E-state index contributed by atoms with van der Waals surface area (Å²) in [6, 6.07) is 12.2. The predicted octanol–water partition coefficient (Wildman–Crippen LogP) is 3.14. The molecule has 0 aromatic heterocycles. The minimum Gasteiger partial charge on any atom is -0.493 e. The summed E-state index contributed by atoms with van der Waals surface area (Å²) in [5, 5.41) is 0.770. The van der Waals surface area contributed by atoms with Crippen molar-refractivity contribution in [3.63, 3.8) is 0 Å². The number of aryl methyl sites for hydroxylation is 1. The third-order valence-corrected chi connectivity index (χ3v) is 4.15. The molecule has 20 heavy (non-hydrogen) atoms. The van der Waals surface area contributed by atoms with Crippen molar-refractivity contribution in [3.8, 4) is 5.75 Å². The third kappa shape index (κ3) is 2.40. The molecule has 104 valence electrons. The minimum absolute atomic E-state index is 0.0446. The Labute approximate surface area is 123 Å². The van der Waals surface area contributed by atoms with E-state index in [9.17, 15) is 0 Å². The van der Waals surface area contributed by atoms with Crippen LogP contribution in [-0.4, -0.2) is 6.61 Å². The van der Waals surface area contributed by atoms with Gasteiger partial charge >= 0.3 is 0 Å². The van der Waals surface area contributed by atoms with Gasteiger partial charge in [0.05, 0.1) is 12.6 Å². The molecular weight excluding hydrogens is 272 g/mol. The van der Waals surface area contributed by atoms with Crippen LogP contribution in [0.5, 0.6) is 5.75 Å². The topological polar surface area (TPSA) is 47.3 Å². The Morgan fingerprint density at radius 3 is 2.70 bits per heavy atom. The van der Waals surface area contributed by atoms with Gasteiger partial charge in [0.25, 0.3) is 0 Å². The average molecular weight is 289 g/mol. The number of fused-ring (bicyclic) bond motifs is 1. The minimum atomic E-state index is -0.0446. The molecule has 3 nitrogen and oxygen atoms in total. The Bertz CT molecular complexity index is 642. The van der Waals surface area contributed by atoms with Gasteiger partial charge in [-0.15, -0.1) is 0 Å². The monoisotopic (exact) mass is 288 g/mol. The molecule has 3 rings (SSSR count). The average Bonchev–Trinajstić information content (AvgIpc) is 2.91. The first-order valence-corrected chi connectivity index (χ1v) is 7.04. The molecule has 3 N–H and O–H groups in total. The van der Waals surface area contributed by atoms with Crippen molar-refractivity contribution in [1.29, 1.82) is 0 Å². The summed E-state index contributed by atoms with van der Waals surface area (Å²) in [5.41, 5.74) is 7.42. The molecule has 1 aliphatic rings. The zero-order chi connectivity index (χ0) is 14.1. The van der Waals surface area contributed by atoms with Crippen molar-refractivity contribution in [2.75, 3.05) is 6.61 Å². The fraction of sp³-hybridized carbons (Fsp3) is 0.250. The largest absolute Gasteiger partial charge is 0.493 e. The fourth-order valence-corrected chi connectivity index (χ4v) is 2.74. The third-order valence-electron chi connectivity index (χ3n) is 3.73. The van der Waals surface area contributed by atoms with E-state index in [-0.39, 0.29) is 6.04 Å². The summed E-state index contributed by atoms with van der Waals surface area (Å²) in [6.07, 6.45) is 0.958. The molecule has 0 fully saturated rings. The van der Waals surface area contributed by atoms with Crippen molar-refractivity contribution in [2.45, 2.75) is 19.4 Å². The lowest BCUT2D eigenvalue weighted by Crippen LogP contribution is -2.28. The normalized spacial score (nSPS) is 14.8. The van der Waals surface area contributed by atoms with E-state index in [1.807, 2.05) is 25.1 Å². The van der Waals surface area contributed by atoms with Crippen molar-refractivity contribution in [2.24, 2.45) is 5.84 Å². The second-order valence-corrected chi connectivity index (χ2v) is 5.48. The SMILES string of the molecule is Cc1cc(C(NN)c2ccc3c(c2)CCO3)ccc1Cl. The zero-order valence-electron chi connectivity index (χ0n) is 11.3. The first-order chi connectivity index (χ1) is 9.69. The molecule has 1 heterocycles. The first kappa shape index (κ1) is 13.4. The number of nitrogens with two attached hydrogens (primary N) is 1. The highest BCUT2D eigenvalue weighted by Gasteiger charge is 2.18. The van der Waals surface area contributed by atoms with E-state index >= 15 is 0 Å². The lowest BCUT2D eigenvalue weighted by Gasteiger charge is -2.18. The summed E-state index contributed by atoms with van der Waals surface area (Å²) in [5.74, 6) is 6.74. The maximum atomic E-state index is 6.08. The van der Waals surface area contributed by atoms with Crippen molar-refractivity contribution in [3.05, 3.63) is 63.7 Å². The van der Waals surface area contributed by atoms with Crippen LogP contribution in [0.1, 0.15) is 28.3 Å². The van der Waals surface area contributed by atoms with E-state index in [1.54, 1.807) is 0 Å². The molecule has 0 saturated carbocycles. The Morgan fingerprint density at radius 2 is 1.95 bits per heavy atom. The van der Waals surface area contributed by atoms with Crippen LogP contribution in [0.3, 0.4) is 0 Å². The highest BCUT2D eigenvalue weighted by atomic mass is 35.5. The zero-order valence-corrected chi connectivity index (χ0v) is 12.1. The summed E-state index contributed by atoms with van der Waals surface area (Å²) >= 11 is 6.08. The number of rotatable bonds is 3. The number of hydrogen-bond acceptors (Lipinski definition) is 3. The summed E-state index contributed by atoms with van der Waals surface area (Å²) < 4.78 is 5.54. The van der Waals surface area contributed by atoms with Crippen LogP contribution in [0.25, 0.3) is 0 Å². The van der Waals surface area contributed by atoms with E-state index < -0.39 is 0 Å². The van der Waals surface area contributed by atoms with Gasteiger partial charge in [-0.1, -0.05) is 35.9 Å². The quantitative estimate of drug-likeness (QED) is 0.674. The number of hydrogen-bond donors (Lipinski definition) is 2. The van der Waals surface area contributed by atoms with Crippen molar-refractivity contribution in [1.82, 2.24) is 5.43 Å². The van der Waals surface area contributed by atoms with Gasteiger partial charge in [-0.3, -0.25) is 5.84 Å². The van der Waals surface area contributed by atoms with Crippen LogP contribution < -0.4 is 16.0 Å². The van der Waals surface area contributed by atoms with Crippen molar-refractivity contribution >= 4 is 11.6 Å². The van der Waals surface area contributed by atoms with Crippen LogP contribution >= 0.6 is 11.6 Å². The Hall–Kier alpha value is -1.55. The highest BCUT2D eigenvalue weighted by molar-refractivity contribution is 6.31. The van der Waals surface area contributed by atoms with Crippen LogP contribution in [0.2, 0.25) is 5.02 Å². The Morgan fingerprint density at radius 1 is 1.20 bits per heavy atom. The molecule has 0 amide bonds. The molecule has 0 saturated heterocycles. The van der Waals surface area contributed by atoms with E-state index in [0.29, 0.717) is 0 Å². The lowest BCUT2D eigenvalue weighted by atomic mass is 9.96. The van der Waals surface area contributed by atoms with Gasteiger partial charge in [0.1, 0.15) is 5.75 Å². The standard InChI is InChI=1S/C16H17ClN2O/c1-10-8-12(2-4-14(10)17)16(19-18)13-3-5-15-11(9-13)6-7-20-15/h2-5,8-9,16,19H,6-7,18H2,1H3. The smallest absolute Gasteiger partial charge is 0.122 e. The molecule has 0 spiro atoms. The van der Waals surface area contributed by atoms with Gasteiger partial charge in [-0.2, -0.15) is 0 Å². The van der Waals surface area contributed by atoms with Gasteiger partial charge in [0, 0.05) is 11.4 Å². The molecule has 0 radical (unpaired) electrons. The van der Waals surface area contributed by atoms with Gasteiger partial charge in [-0.05, 0) is 41.3 Å². The van der Waals surface area contributed by atoms with Crippen LogP contribution in [-0.2, 0) is 6.42 Å². The summed E-state index contributed by atoms with van der Waals surface area (Å²) in [4.78, 5) is 0. The maximum Gasteiger partial charge on any atom is 0.122 e. The number of ether oxygens (including phenoxy) is 1. The van der Waals surface area contributed by atoms with Crippen molar-refractivity contribution < 1.29 is 4.74 Å². The molecular formula is C16H17ClN2O. The predicted molar refractivity (Wildman–Crippen MR) is 81.0 cm³/mol. The molecule has 0 aliphatic carbocycles. The lowest BCUT2D eigenvalue weighted by molar-refractivity contribution is 0.357. The summed E-state index contributed by atoms with van der Waals surface area (Å²) in [6.45, 7) is 2.76. The second-order valence-electron chi connectivity index (χ2n) is 5.07. The highest BCUT2D eigenvalue weighted by Crippen LogP contribution is 2.31. The number of nitrogens with one attached hydrogen (secondary N) is 1. The summed E-state index contributed by atoms with van der Waals surface area (Å²) in [7, 11) is 0. The molecule has 1 unspecified atom stereocenters. The maximum absolute atomic E-state index is 6.08. The molecule has 1 aliphatic heterocycles. The fourth-order valence-electron chi connectivity index (χ4n) is 2.62. The van der Waals surface area contributed by atoms with Gasteiger partial charge in [0.15, 0.2) is 0 Å². The van der Waals surface area contributed by atoms with Gasteiger partial charge in [0.2, 0.25) is 0 Å². The molecule has 0 bridgehead atoms. The van der Waals surface area contributed by atoms with Gasteiger partial charge in [-0.25, -0.2) is 5.43 Å². The van der Waals surface area contributed by atoms with Crippen LogP contribution in [0.4, 0.5) is 0 Å². The number of hydrazine groups is 1. The van der Waals surface area contributed by atoms with Crippen LogP contribution in [0, 0.1) is 6.92 Å². The van der Waals surface area contributed by atoms with E-state index in [1.165, 1.54) is 5.56 Å². The Kier molecular flexibility index (Phi) is 3.66. The van der Waals surface area contributed by atoms with E-state index in [0.717, 1.165) is 40.5 Å². The first-order valence-electron chi connectivity index (χ1n) is 6.67. The number of halogens is 1. The number of benzene rings is 2. The molecule has 1 atom stereocenters. The Balaban J connectivity index is 1.98. The van der Waals surface area contributed by atoms with E-state index in [2.05, 4.69) is 23.6 Å². The van der Waals surface area contributed by atoms with E-state index in [4.69, 9.17) is 22.2 Å². The molecule has 2 aromatic rings. The van der Waals surface area contributed by atoms with Crippen LogP contribution in [0.15, 0.2) is 36.4 Å².